The van der Waals surface area contributed by atoms with Crippen molar-refractivity contribution in [2.45, 2.75) is 13.0 Å². The third-order valence-electron chi connectivity index (χ3n) is 3.93. The Morgan fingerprint density at radius 1 is 1.41 bits per heavy atom. The highest BCUT2D eigenvalue weighted by atomic mass is 35.5. The van der Waals surface area contributed by atoms with Gasteiger partial charge in [0.25, 0.3) is 0 Å². The second-order valence-corrected chi connectivity index (χ2v) is 6.45. The van der Waals surface area contributed by atoms with Crippen LogP contribution in [0.4, 0.5) is 0 Å². The molecular formula is C20H25ClN2O4. The molecule has 0 bridgehead atoms. The lowest BCUT2D eigenvalue weighted by Gasteiger charge is -2.22. The van der Waals surface area contributed by atoms with E-state index in [1.54, 1.807) is 24.5 Å². The Bertz CT molecular complexity index is 773. The first-order valence-electron chi connectivity index (χ1n) is 8.62. The fraction of sp³-hybridized carbons (Fsp3) is 0.350. The Morgan fingerprint density at radius 3 is 2.78 bits per heavy atom. The molecule has 1 N–H and O–H groups in total. The molecule has 0 fully saturated rings. The van der Waals surface area contributed by atoms with E-state index in [2.05, 4.69) is 5.32 Å². The molecule has 0 aliphatic carbocycles. The average Bonchev–Trinajstić information content (AvgIpc) is 3.14. The summed E-state index contributed by atoms with van der Waals surface area (Å²) in [5.41, 5.74) is 0.745. The van der Waals surface area contributed by atoms with Gasteiger partial charge >= 0.3 is 0 Å². The number of ether oxygens (including phenoxy) is 2. The number of likely N-dealkylation sites (N-methyl/N-ethyl adjacent to an activating group) is 1. The fourth-order valence-electron chi connectivity index (χ4n) is 2.59. The smallest absolute Gasteiger partial charge is 0.244 e. The molecule has 1 unspecified atom stereocenters. The minimum absolute atomic E-state index is 0.0441. The molecule has 27 heavy (non-hydrogen) atoms. The van der Waals surface area contributed by atoms with Crippen LogP contribution in [-0.2, 0) is 4.79 Å². The summed E-state index contributed by atoms with van der Waals surface area (Å²) in [6.45, 7) is 2.79. The number of methoxy groups -OCH3 is 1. The van der Waals surface area contributed by atoms with Crippen LogP contribution in [0.25, 0.3) is 6.08 Å². The van der Waals surface area contributed by atoms with Crippen molar-refractivity contribution in [3.8, 4) is 11.5 Å². The van der Waals surface area contributed by atoms with Gasteiger partial charge < -0.3 is 19.2 Å². The van der Waals surface area contributed by atoms with Crippen molar-refractivity contribution in [1.29, 1.82) is 0 Å². The molecule has 0 aliphatic rings. The van der Waals surface area contributed by atoms with E-state index in [0.717, 1.165) is 11.3 Å². The first kappa shape index (κ1) is 20.9. The van der Waals surface area contributed by atoms with Crippen LogP contribution in [0.3, 0.4) is 0 Å². The number of carbonyl (C=O) groups is 1. The molecule has 6 nitrogen and oxygen atoms in total. The van der Waals surface area contributed by atoms with Crippen molar-refractivity contribution in [2.24, 2.45) is 0 Å². The van der Waals surface area contributed by atoms with Crippen LogP contribution in [0.2, 0.25) is 5.02 Å². The number of amides is 1. The van der Waals surface area contributed by atoms with Crippen LogP contribution in [0.1, 0.15) is 24.3 Å². The van der Waals surface area contributed by atoms with Crippen molar-refractivity contribution in [2.75, 3.05) is 34.4 Å². The van der Waals surface area contributed by atoms with Gasteiger partial charge in [-0.05, 0) is 56.9 Å². The molecule has 1 atom stereocenters. The lowest BCUT2D eigenvalue weighted by Crippen LogP contribution is -2.33. The molecule has 0 saturated heterocycles. The summed E-state index contributed by atoms with van der Waals surface area (Å²) in [6, 6.07) is 7.18. The molecule has 0 radical (unpaired) electrons. The molecule has 1 aromatic heterocycles. The Kier molecular flexibility index (Phi) is 7.76. The van der Waals surface area contributed by atoms with Crippen LogP contribution in [-0.4, -0.2) is 45.2 Å². The third kappa shape index (κ3) is 5.77. The molecule has 1 amide bonds. The van der Waals surface area contributed by atoms with E-state index in [9.17, 15) is 4.79 Å². The molecule has 7 heteroatoms. The number of rotatable bonds is 9. The Hall–Kier alpha value is -2.44. The molecule has 0 spiro atoms. The maximum absolute atomic E-state index is 12.2. The minimum Gasteiger partial charge on any atom is -0.491 e. The zero-order valence-electron chi connectivity index (χ0n) is 16.0. The lowest BCUT2D eigenvalue weighted by molar-refractivity contribution is -0.116. The number of carbonyl (C=O) groups excluding carboxylic acids is 1. The predicted octanol–water partition coefficient (Wildman–Crippen LogP) is 3.77. The molecule has 1 aromatic carbocycles. The third-order valence-corrected chi connectivity index (χ3v) is 4.21. The zero-order chi connectivity index (χ0) is 19.8. The van der Waals surface area contributed by atoms with Crippen molar-refractivity contribution in [3.63, 3.8) is 0 Å². The van der Waals surface area contributed by atoms with E-state index in [-0.39, 0.29) is 11.9 Å². The van der Waals surface area contributed by atoms with Crippen LogP contribution in [0.15, 0.2) is 41.0 Å². The van der Waals surface area contributed by atoms with Crippen molar-refractivity contribution >= 4 is 23.6 Å². The fourth-order valence-corrected chi connectivity index (χ4v) is 2.89. The quantitative estimate of drug-likeness (QED) is 0.658. The van der Waals surface area contributed by atoms with E-state index in [1.165, 1.54) is 13.2 Å². The van der Waals surface area contributed by atoms with E-state index in [1.807, 2.05) is 38.1 Å². The predicted molar refractivity (Wildman–Crippen MR) is 106 cm³/mol. The Labute approximate surface area is 164 Å². The largest absolute Gasteiger partial charge is 0.491 e. The van der Waals surface area contributed by atoms with E-state index >= 15 is 0 Å². The zero-order valence-corrected chi connectivity index (χ0v) is 16.7. The number of halogens is 1. The Balaban J connectivity index is 2.03. The molecule has 146 valence electrons. The highest BCUT2D eigenvalue weighted by Crippen LogP contribution is 2.36. The van der Waals surface area contributed by atoms with E-state index < -0.39 is 0 Å². The van der Waals surface area contributed by atoms with Crippen LogP contribution < -0.4 is 14.8 Å². The lowest BCUT2D eigenvalue weighted by atomic mass is 10.1. The second-order valence-electron chi connectivity index (χ2n) is 6.04. The molecule has 0 saturated carbocycles. The first-order chi connectivity index (χ1) is 13.0. The summed E-state index contributed by atoms with van der Waals surface area (Å²) in [4.78, 5) is 14.2. The summed E-state index contributed by atoms with van der Waals surface area (Å²) in [7, 11) is 5.40. The number of nitrogens with one attached hydrogen (secondary N) is 1. The monoisotopic (exact) mass is 392 g/mol. The van der Waals surface area contributed by atoms with Gasteiger partial charge in [-0.3, -0.25) is 9.69 Å². The molecular weight excluding hydrogens is 368 g/mol. The average molecular weight is 393 g/mol. The van der Waals surface area contributed by atoms with Gasteiger partial charge in [0.15, 0.2) is 11.5 Å². The maximum Gasteiger partial charge on any atom is 0.244 e. The molecule has 2 rings (SSSR count). The second kappa shape index (κ2) is 10.0. The summed E-state index contributed by atoms with van der Waals surface area (Å²) >= 11 is 6.22. The summed E-state index contributed by atoms with van der Waals surface area (Å²) in [6.07, 6.45) is 4.76. The first-order valence-corrected chi connectivity index (χ1v) is 9.00. The number of furan rings is 1. The highest BCUT2D eigenvalue weighted by molar-refractivity contribution is 6.32. The highest BCUT2D eigenvalue weighted by Gasteiger charge is 2.17. The maximum atomic E-state index is 12.2. The van der Waals surface area contributed by atoms with Crippen molar-refractivity contribution < 1.29 is 18.7 Å². The molecule has 0 aliphatic heterocycles. The van der Waals surface area contributed by atoms with Crippen LogP contribution in [0, 0.1) is 0 Å². The normalized spacial score (nSPS) is 12.4. The number of benzene rings is 1. The van der Waals surface area contributed by atoms with Crippen molar-refractivity contribution in [1.82, 2.24) is 10.2 Å². The van der Waals surface area contributed by atoms with Crippen molar-refractivity contribution in [3.05, 3.63) is 53.0 Å². The van der Waals surface area contributed by atoms with E-state index in [0.29, 0.717) is 29.7 Å². The standard InChI is InChI=1S/C20H25ClN2O4/c1-5-26-18-12-14(11-15(21)20(18)25-4)8-9-19(24)22-13-16(23(2)3)17-7-6-10-27-17/h6-12,16H,5,13H2,1-4H3,(H,22,24). The van der Waals surface area contributed by atoms with Gasteiger partial charge in [0.05, 0.1) is 31.0 Å². The summed E-state index contributed by atoms with van der Waals surface area (Å²) in [5, 5.41) is 3.31. The van der Waals surface area contributed by atoms with Gasteiger partial charge in [-0.2, -0.15) is 0 Å². The van der Waals surface area contributed by atoms with Crippen LogP contribution in [0.5, 0.6) is 11.5 Å². The summed E-state index contributed by atoms with van der Waals surface area (Å²) < 4.78 is 16.2. The topological polar surface area (TPSA) is 63.9 Å². The molecule has 1 heterocycles. The van der Waals surface area contributed by atoms with Gasteiger partial charge in [0.2, 0.25) is 5.91 Å². The SMILES string of the molecule is CCOc1cc(C=CC(=O)NCC(c2ccco2)N(C)C)cc(Cl)c1OC. The van der Waals surface area contributed by atoms with Crippen LogP contribution >= 0.6 is 11.6 Å². The number of hydrogen-bond acceptors (Lipinski definition) is 5. The Morgan fingerprint density at radius 2 is 2.19 bits per heavy atom. The van der Waals surface area contributed by atoms with Gasteiger partial charge in [0.1, 0.15) is 5.76 Å². The van der Waals surface area contributed by atoms with Gasteiger partial charge in [-0.25, -0.2) is 0 Å². The van der Waals surface area contributed by atoms with Gasteiger partial charge in [-0.15, -0.1) is 0 Å². The minimum atomic E-state index is -0.210. The van der Waals surface area contributed by atoms with Gasteiger partial charge in [0, 0.05) is 12.6 Å². The van der Waals surface area contributed by atoms with Gasteiger partial charge in [-0.1, -0.05) is 11.6 Å². The van der Waals surface area contributed by atoms with E-state index in [4.69, 9.17) is 25.5 Å². The summed E-state index contributed by atoms with van der Waals surface area (Å²) in [5.74, 6) is 1.61. The molecule has 2 aromatic rings. The number of hydrogen-bond donors (Lipinski definition) is 1. The number of nitrogens with zero attached hydrogens (tertiary/aromatic N) is 1.